The molecule has 0 aromatic carbocycles. The highest BCUT2D eigenvalue weighted by atomic mass is 16.7. The van der Waals surface area contributed by atoms with E-state index < -0.39 is 0 Å². The number of epoxide rings is 1. The fourth-order valence-corrected chi connectivity index (χ4v) is 6.94. The van der Waals surface area contributed by atoms with E-state index in [9.17, 15) is 19.2 Å². The highest BCUT2D eigenvalue weighted by Crippen LogP contribution is 2.28. The predicted octanol–water partition coefficient (Wildman–Crippen LogP) is 0.931. The fourth-order valence-electron chi connectivity index (χ4n) is 6.94. The summed E-state index contributed by atoms with van der Waals surface area (Å²) in [4.78, 5) is 59.9. The Kier molecular flexibility index (Phi) is 32.1. The lowest BCUT2D eigenvalue weighted by Gasteiger charge is -2.21. The molecule has 0 saturated carbocycles. The lowest BCUT2D eigenvalue weighted by atomic mass is 10.1. The van der Waals surface area contributed by atoms with Crippen molar-refractivity contribution in [3.05, 3.63) is 29.6 Å². The van der Waals surface area contributed by atoms with Crippen LogP contribution in [0.25, 0.3) is 6.08 Å². The molecule has 408 valence electrons. The second-order valence-electron chi connectivity index (χ2n) is 16.4. The standard InChI is InChI=1S/C48H80N8O16/c1-3-13-56(71-4-2)48(60)39-35-41-40(53-43(49)36-39)37-52-55(41)14-7-5-6-11-50-44(57)10-15-61-17-19-63-21-23-65-25-27-67-29-31-69-33-34-70-32-30-68-28-26-66-24-22-64-20-18-62-16-12-51-47-42(72-47)38-54-45(58)8-9-46(54)59/h8-9,35,37,42,47,51H,3-7,10-34,36,38H2,1-2H3,(H2,49,53)(H,50,57). The first-order valence-corrected chi connectivity index (χ1v) is 25.3. The number of fused-ring (bicyclic) bond motifs is 1. The van der Waals surface area contributed by atoms with E-state index in [1.165, 1.54) is 22.1 Å². The van der Waals surface area contributed by atoms with Crippen molar-refractivity contribution in [2.75, 3.05) is 165 Å². The van der Waals surface area contributed by atoms with Gasteiger partial charge < -0.3 is 63.2 Å². The lowest BCUT2D eigenvalue weighted by Crippen LogP contribution is -2.35. The number of hydroxylamine groups is 2. The van der Waals surface area contributed by atoms with Gasteiger partial charge >= 0.3 is 0 Å². The molecule has 1 aromatic heterocycles. The van der Waals surface area contributed by atoms with E-state index in [2.05, 4.69) is 20.7 Å². The van der Waals surface area contributed by atoms with Crippen molar-refractivity contribution in [1.82, 2.24) is 30.4 Å². The van der Waals surface area contributed by atoms with Crippen molar-refractivity contribution in [2.45, 2.75) is 71.2 Å². The van der Waals surface area contributed by atoms with Crippen LogP contribution in [0.5, 0.6) is 0 Å². The Morgan fingerprint density at radius 2 is 1.22 bits per heavy atom. The van der Waals surface area contributed by atoms with Crippen LogP contribution in [0.1, 0.15) is 58.1 Å². The maximum atomic E-state index is 13.2. The number of imide groups is 1. The molecule has 1 aromatic rings. The molecule has 3 aliphatic rings. The number of hydrogen-bond donors (Lipinski definition) is 3. The van der Waals surface area contributed by atoms with Gasteiger partial charge in [0.05, 0.1) is 157 Å². The largest absolute Gasteiger partial charge is 0.387 e. The average molecular weight is 1030 g/mol. The summed E-state index contributed by atoms with van der Waals surface area (Å²) < 4.78 is 62.5. The Labute approximate surface area is 423 Å². The summed E-state index contributed by atoms with van der Waals surface area (Å²) in [5.74, 6) is -0.532. The van der Waals surface area contributed by atoms with Gasteiger partial charge in [-0.25, -0.2) is 10.1 Å². The second-order valence-corrected chi connectivity index (χ2v) is 16.4. The molecule has 3 aliphatic heterocycles. The molecule has 72 heavy (non-hydrogen) atoms. The van der Waals surface area contributed by atoms with Crippen molar-refractivity contribution in [3.8, 4) is 0 Å². The maximum Gasteiger partial charge on any atom is 0.273 e. The summed E-state index contributed by atoms with van der Waals surface area (Å²) in [6, 6.07) is 0. The summed E-state index contributed by atoms with van der Waals surface area (Å²) in [6.07, 6.45) is 9.49. The number of nitrogens with two attached hydrogens (primary N) is 1. The first kappa shape index (κ1) is 60.3. The Balaban J connectivity index is 0.794. The van der Waals surface area contributed by atoms with Crippen molar-refractivity contribution in [3.63, 3.8) is 0 Å². The van der Waals surface area contributed by atoms with E-state index in [1.54, 1.807) is 6.20 Å². The Bertz CT molecular complexity index is 1760. The second kappa shape index (κ2) is 38.3. The average Bonchev–Trinajstić information content (AvgIpc) is 3.96. The van der Waals surface area contributed by atoms with Gasteiger partial charge in [-0.05, 0) is 38.7 Å². The molecule has 24 heteroatoms. The van der Waals surface area contributed by atoms with Crippen molar-refractivity contribution in [1.29, 1.82) is 0 Å². The number of amidine groups is 1. The molecule has 2 atom stereocenters. The molecule has 4 N–H and O–H groups in total. The van der Waals surface area contributed by atoms with Gasteiger partial charge in [0, 0.05) is 56.7 Å². The topological polar surface area (TPSA) is 269 Å². The smallest absolute Gasteiger partial charge is 0.273 e. The first-order chi connectivity index (χ1) is 35.3. The lowest BCUT2D eigenvalue weighted by molar-refractivity contribution is -0.180. The van der Waals surface area contributed by atoms with Gasteiger partial charge in [0.2, 0.25) is 5.91 Å². The van der Waals surface area contributed by atoms with Gasteiger partial charge in [0.1, 0.15) is 23.9 Å². The van der Waals surface area contributed by atoms with E-state index >= 15 is 0 Å². The molecule has 0 radical (unpaired) electrons. The van der Waals surface area contributed by atoms with Crippen LogP contribution in [0.2, 0.25) is 0 Å². The van der Waals surface area contributed by atoms with Crippen LogP contribution in [-0.4, -0.2) is 226 Å². The van der Waals surface area contributed by atoms with E-state index in [-0.39, 0.29) is 55.3 Å². The first-order valence-electron chi connectivity index (χ1n) is 25.3. The fraction of sp³-hybridized carbons (Fsp3) is 0.750. The van der Waals surface area contributed by atoms with E-state index in [4.69, 9.17) is 62.7 Å². The number of ether oxygens (including phenoxy) is 11. The summed E-state index contributed by atoms with van der Waals surface area (Å²) in [5.41, 5.74) is 8.03. The zero-order chi connectivity index (χ0) is 51.3. The molecular weight excluding hydrogens is 945 g/mol. The summed E-state index contributed by atoms with van der Waals surface area (Å²) in [6.45, 7) is 15.7. The van der Waals surface area contributed by atoms with Gasteiger partial charge in [0.15, 0.2) is 0 Å². The number of nitrogens with one attached hydrogen (secondary N) is 2. The normalized spacial score (nSPS) is 16.3. The van der Waals surface area contributed by atoms with Crippen LogP contribution in [0.15, 0.2) is 28.9 Å². The van der Waals surface area contributed by atoms with Crippen molar-refractivity contribution >= 4 is 41.2 Å². The molecule has 1 saturated heterocycles. The Morgan fingerprint density at radius 3 is 1.74 bits per heavy atom. The Morgan fingerprint density at radius 1 is 0.708 bits per heavy atom. The predicted molar refractivity (Wildman–Crippen MR) is 262 cm³/mol. The molecule has 4 rings (SSSR count). The minimum atomic E-state index is -0.305. The van der Waals surface area contributed by atoms with E-state index in [1.807, 2.05) is 24.6 Å². The van der Waals surface area contributed by atoms with Crippen molar-refractivity contribution in [2.24, 2.45) is 10.7 Å². The molecule has 1 fully saturated rings. The Hall–Kier alpha value is -4.28. The quantitative estimate of drug-likeness (QED) is 0.0355. The van der Waals surface area contributed by atoms with Crippen LogP contribution in [0.4, 0.5) is 5.69 Å². The van der Waals surface area contributed by atoms with Crippen LogP contribution in [0.3, 0.4) is 0 Å². The SMILES string of the molecule is CCCN(OCC)C(=O)C1=Cc2c(cnn2CCCCCNC(=O)CCOCCOCCOCCOCCOCCOCCOCCOCCOCCOCCNC2OC2CN2C(=O)C=CC2=O)N=C(N)C1. The third-order valence-electron chi connectivity index (χ3n) is 10.6. The van der Waals surface area contributed by atoms with Gasteiger partial charge in [-0.15, -0.1) is 0 Å². The minimum Gasteiger partial charge on any atom is -0.387 e. The van der Waals surface area contributed by atoms with Gasteiger partial charge in [-0.3, -0.25) is 38.9 Å². The number of carbonyl (C=O) groups excluding carboxylic acids is 4. The highest BCUT2D eigenvalue weighted by molar-refractivity contribution is 6.13. The molecular formula is C48H80N8O16. The number of unbranched alkanes of at least 4 members (excludes halogenated alkanes) is 2. The summed E-state index contributed by atoms with van der Waals surface area (Å²) >= 11 is 0. The number of rotatable bonds is 47. The van der Waals surface area contributed by atoms with Crippen LogP contribution < -0.4 is 16.4 Å². The van der Waals surface area contributed by atoms with Crippen LogP contribution in [-0.2, 0) is 82.7 Å². The number of amides is 4. The molecule has 24 nitrogen and oxygen atoms in total. The number of aliphatic imine (C=N–C) groups is 1. The molecule has 0 spiro atoms. The third kappa shape index (κ3) is 26.1. The highest BCUT2D eigenvalue weighted by Gasteiger charge is 2.42. The summed E-state index contributed by atoms with van der Waals surface area (Å²) in [7, 11) is 0. The molecule has 4 amide bonds. The number of aryl methyl sites for hydroxylation is 1. The van der Waals surface area contributed by atoms with E-state index in [0.29, 0.717) is 182 Å². The monoisotopic (exact) mass is 1020 g/mol. The summed E-state index contributed by atoms with van der Waals surface area (Å²) in [5, 5.41) is 12.0. The van der Waals surface area contributed by atoms with Gasteiger partial charge in [0.25, 0.3) is 17.7 Å². The van der Waals surface area contributed by atoms with Gasteiger partial charge in [-0.1, -0.05) is 6.92 Å². The number of aromatic nitrogens is 2. The minimum absolute atomic E-state index is 0.0558. The molecule has 2 unspecified atom stereocenters. The maximum absolute atomic E-state index is 13.2. The molecule has 4 heterocycles. The van der Waals surface area contributed by atoms with E-state index in [0.717, 1.165) is 31.4 Å². The van der Waals surface area contributed by atoms with Crippen LogP contribution in [0, 0.1) is 0 Å². The molecule has 0 bridgehead atoms. The van der Waals surface area contributed by atoms with Crippen LogP contribution >= 0.6 is 0 Å². The molecule has 0 aliphatic carbocycles. The van der Waals surface area contributed by atoms with Crippen molar-refractivity contribution < 1.29 is 76.1 Å². The number of nitrogens with zero attached hydrogens (tertiary/aromatic N) is 5. The van der Waals surface area contributed by atoms with Gasteiger partial charge in [-0.2, -0.15) is 5.10 Å². The zero-order valence-corrected chi connectivity index (χ0v) is 42.4. The third-order valence-corrected chi connectivity index (χ3v) is 10.6. The zero-order valence-electron chi connectivity index (χ0n) is 42.4. The number of hydrogen-bond acceptors (Lipinski definition) is 20. The number of carbonyl (C=O) groups is 4.